The Bertz CT molecular complexity index is 333. The molecule has 68 valence electrons. The monoisotopic (exact) mass is 178 g/mol. The number of hydrogen-bond donors (Lipinski definition) is 0. The smallest absolute Gasteiger partial charge is 0.340 e. The van der Waals surface area contributed by atoms with Gasteiger partial charge in [0.2, 0.25) is 6.29 Å². The van der Waals surface area contributed by atoms with Gasteiger partial charge in [-0.15, -0.1) is 0 Å². The van der Waals surface area contributed by atoms with Crippen LogP contribution in [0, 0.1) is 0 Å². The summed E-state index contributed by atoms with van der Waals surface area (Å²) < 4.78 is 9.98. The van der Waals surface area contributed by atoms with E-state index in [1.165, 1.54) is 7.11 Å². The van der Waals surface area contributed by atoms with Crippen LogP contribution in [-0.4, -0.2) is 19.4 Å². The standard InChI is InChI=1S/C10H10O3/c1-12-9-6-7-4-2-3-5-8(7)10(11)13-9/h2-5,9H,6H2,1H3. The van der Waals surface area contributed by atoms with Gasteiger partial charge < -0.3 is 9.47 Å². The zero-order chi connectivity index (χ0) is 9.26. The number of cyclic esters (lactones) is 1. The molecule has 1 aliphatic rings. The van der Waals surface area contributed by atoms with Gasteiger partial charge in [0.15, 0.2) is 0 Å². The summed E-state index contributed by atoms with van der Waals surface area (Å²) in [4.78, 5) is 11.4. The molecular formula is C10H10O3. The molecule has 0 saturated heterocycles. The third-order valence-corrected chi connectivity index (χ3v) is 2.13. The number of carbonyl (C=O) groups is 1. The number of hydrogen-bond acceptors (Lipinski definition) is 3. The third kappa shape index (κ3) is 1.42. The third-order valence-electron chi connectivity index (χ3n) is 2.13. The molecule has 0 aliphatic carbocycles. The van der Waals surface area contributed by atoms with Crippen molar-refractivity contribution in [1.82, 2.24) is 0 Å². The summed E-state index contributed by atoms with van der Waals surface area (Å²) in [6, 6.07) is 7.42. The molecule has 1 aromatic rings. The van der Waals surface area contributed by atoms with E-state index in [9.17, 15) is 4.79 Å². The Labute approximate surface area is 76.3 Å². The fourth-order valence-electron chi connectivity index (χ4n) is 1.43. The normalized spacial score (nSPS) is 20.7. The van der Waals surface area contributed by atoms with E-state index in [1.54, 1.807) is 6.07 Å². The lowest BCUT2D eigenvalue weighted by atomic mass is 10.0. The Morgan fingerprint density at radius 3 is 3.00 bits per heavy atom. The lowest BCUT2D eigenvalue weighted by Crippen LogP contribution is -2.28. The van der Waals surface area contributed by atoms with Gasteiger partial charge in [0.05, 0.1) is 5.56 Å². The van der Waals surface area contributed by atoms with Crippen molar-refractivity contribution in [3.05, 3.63) is 35.4 Å². The molecule has 0 spiro atoms. The van der Waals surface area contributed by atoms with Crippen molar-refractivity contribution in [3.8, 4) is 0 Å². The molecule has 0 bridgehead atoms. The van der Waals surface area contributed by atoms with Crippen LogP contribution in [0.1, 0.15) is 15.9 Å². The van der Waals surface area contributed by atoms with Crippen LogP contribution in [0.25, 0.3) is 0 Å². The number of methoxy groups -OCH3 is 1. The Balaban J connectivity index is 2.37. The molecule has 0 aromatic heterocycles. The Morgan fingerprint density at radius 1 is 1.46 bits per heavy atom. The van der Waals surface area contributed by atoms with Gasteiger partial charge in [-0.2, -0.15) is 0 Å². The van der Waals surface area contributed by atoms with E-state index in [4.69, 9.17) is 9.47 Å². The van der Waals surface area contributed by atoms with E-state index in [-0.39, 0.29) is 5.97 Å². The first-order valence-corrected chi connectivity index (χ1v) is 4.13. The highest BCUT2D eigenvalue weighted by molar-refractivity contribution is 5.92. The van der Waals surface area contributed by atoms with Crippen molar-refractivity contribution in [2.45, 2.75) is 12.7 Å². The first kappa shape index (κ1) is 8.26. The molecule has 1 aromatic carbocycles. The average molecular weight is 178 g/mol. The van der Waals surface area contributed by atoms with E-state index in [0.29, 0.717) is 12.0 Å². The largest absolute Gasteiger partial charge is 0.432 e. The van der Waals surface area contributed by atoms with Crippen molar-refractivity contribution in [2.24, 2.45) is 0 Å². The second kappa shape index (κ2) is 3.18. The molecule has 1 aliphatic heterocycles. The molecule has 0 saturated carbocycles. The molecular weight excluding hydrogens is 168 g/mol. The van der Waals surface area contributed by atoms with Crippen LogP contribution in [0.2, 0.25) is 0 Å². The highest BCUT2D eigenvalue weighted by atomic mass is 16.7. The van der Waals surface area contributed by atoms with Gasteiger partial charge in [0, 0.05) is 13.5 Å². The summed E-state index contributed by atoms with van der Waals surface area (Å²) in [5.41, 5.74) is 1.64. The molecule has 1 atom stereocenters. The Morgan fingerprint density at radius 2 is 2.23 bits per heavy atom. The predicted octanol–water partition coefficient (Wildman–Crippen LogP) is 1.37. The van der Waals surface area contributed by atoms with E-state index >= 15 is 0 Å². The summed E-state index contributed by atoms with van der Waals surface area (Å²) >= 11 is 0. The van der Waals surface area contributed by atoms with Crippen LogP contribution >= 0.6 is 0 Å². The quantitative estimate of drug-likeness (QED) is 0.609. The summed E-state index contributed by atoms with van der Waals surface area (Å²) in [7, 11) is 1.53. The highest BCUT2D eigenvalue weighted by Gasteiger charge is 2.25. The number of fused-ring (bicyclic) bond motifs is 1. The minimum atomic E-state index is -0.428. The fraction of sp³-hybridized carbons (Fsp3) is 0.300. The number of rotatable bonds is 1. The van der Waals surface area contributed by atoms with Gasteiger partial charge in [-0.05, 0) is 11.6 Å². The van der Waals surface area contributed by atoms with E-state index in [2.05, 4.69) is 0 Å². The van der Waals surface area contributed by atoms with Crippen LogP contribution in [0.15, 0.2) is 24.3 Å². The number of benzene rings is 1. The van der Waals surface area contributed by atoms with E-state index < -0.39 is 6.29 Å². The van der Waals surface area contributed by atoms with Crippen molar-refractivity contribution in [3.63, 3.8) is 0 Å². The molecule has 0 fully saturated rings. The van der Waals surface area contributed by atoms with Gasteiger partial charge in [0.25, 0.3) is 0 Å². The highest BCUT2D eigenvalue weighted by Crippen LogP contribution is 2.20. The van der Waals surface area contributed by atoms with Gasteiger partial charge in [0.1, 0.15) is 0 Å². The number of carbonyl (C=O) groups excluding carboxylic acids is 1. The number of ether oxygens (including phenoxy) is 2. The van der Waals surface area contributed by atoms with Gasteiger partial charge in [-0.25, -0.2) is 4.79 Å². The lowest BCUT2D eigenvalue weighted by Gasteiger charge is -2.22. The van der Waals surface area contributed by atoms with Gasteiger partial charge in [-0.1, -0.05) is 18.2 Å². The van der Waals surface area contributed by atoms with Gasteiger partial charge >= 0.3 is 5.97 Å². The molecule has 1 unspecified atom stereocenters. The predicted molar refractivity (Wildman–Crippen MR) is 46.4 cm³/mol. The number of esters is 1. The van der Waals surface area contributed by atoms with Crippen molar-refractivity contribution in [2.75, 3.05) is 7.11 Å². The molecule has 1 heterocycles. The SMILES string of the molecule is COC1Cc2ccccc2C(=O)O1. The second-order valence-electron chi connectivity index (χ2n) is 2.93. The zero-order valence-corrected chi connectivity index (χ0v) is 7.32. The molecule has 3 heteroatoms. The minimum absolute atomic E-state index is 0.297. The van der Waals surface area contributed by atoms with Crippen molar-refractivity contribution in [1.29, 1.82) is 0 Å². The zero-order valence-electron chi connectivity index (χ0n) is 7.32. The van der Waals surface area contributed by atoms with Crippen LogP contribution in [0.3, 0.4) is 0 Å². The fourth-order valence-corrected chi connectivity index (χ4v) is 1.43. The summed E-state index contributed by atoms with van der Waals surface area (Å²) in [5.74, 6) is -0.297. The Kier molecular flexibility index (Phi) is 2.02. The van der Waals surface area contributed by atoms with E-state index in [0.717, 1.165) is 5.56 Å². The maximum atomic E-state index is 11.4. The summed E-state index contributed by atoms with van der Waals surface area (Å²) in [6.45, 7) is 0. The maximum absolute atomic E-state index is 11.4. The van der Waals surface area contributed by atoms with Crippen molar-refractivity contribution >= 4 is 5.97 Å². The Hall–Kier alpha value is -1.35. The molecule has 0 radical (unpaired) electrons. The topological polar surface area (TPSA) is 35.5 Å². The van der Waals surface area contributed by atoms with Crippen molar-refractivity contribution < 1.29 is 14.3 Å². The molecule has 13 heavy (non-hydrogen) atoms. The van der Waals surface area contributed by atoms with Crippen LogP contribution in [0.4, 0.5) is 0 Å². The molecule has 0 N–H and O–H groups in total. The van der Waals surface area contributed by atoms with Gasteiger partial charge in [-0.3, -0.25) is 0 Å². The average Bonchev–Trinajstić information content (AvgIpc) is 2.18. The first-order chi connectivity index (χ1) is 6.31. The first-order valence-electron chi connectivity index (χ1n) is 4.13. The second-order valence-corrected chi connectivity index (χ2v) is 2.93. The molecule has 2 rings (SSSR count). The molecule has 3 nitrogen and oxygen atoms in total. The summed E-state index contributed by atoms with van der Waals surface area (Å²) in [5, 5.41) is 0. The maximum Gasteiger partial charge on any atom is 0.340 e. The summed E-state index contributed by atoms with van der Waals surface area (Å²) in [6.07, 6.45) is 0.209. The molecule has 0 amide bonds. The van der Waals surface area contributed by atoms with Crippen LogP contribution in [-0.2, 0) is 15.9 Å². The lowest BCUT2D eigenvalue weighted by molar-refractivity contribution is -0.0931. The van der Waals surface area contributed by atoms with Crippen LogP contribution in [0.5, 0.6) is 0 Å². The van der Waals surface area contributed by atoms with Crippen LogP contribution < -0.4 is 0 Å². The van der Waals surface area contributed by atoms with E-state index in [1.807, 2.05) is 18.2 Å². The minimum Gasteiger partial charge on any atom is -0.432 e.